The van der Waals surface area contributed by atoms with E-state index in [9.17, 15) is 0 Å². The van der Waals surface area contributed by atoms with Gasteiger partial charge in [0, 0.05) is 0 Å². The summed E-state index contributed by atoms with van der Waals surface area (Å²) < 4.78 is 0. The summed E-state index contributed by atoms with van der Waals surface area (Å²) in [5, 5.41) is 0. The van der Waals surface area contributed by atoms with E-state index in [2.05, 4.69) is 0 Å². The molecule has 0 amide bonds. The Bertz CT molecular complexity index is 7.51. The Morgan fingerprint density at radius 2 is 0.500 bits per heavy atom. The van der Waals surface area contributed by atoms with Crippen LogP contribution in [0.1, 0.15) is 0 Å². The molecular weight excluding hydrogens is 335 g/mol. The van der Waals surface area contributed by atoms with Crippen molar-refractivity contribution >= 4 is 23.7 Å². The third-order valence-electron chi connectivity index (χ3n) is 0. The van der Waals surface area contributed by atoms with Gasteiger partial charge in [0.05, 0.1) is 0 Å². The normalized spacial score (nSPS) is 0. The zero-order chi connectivity index (χ0) is 0. The molecular formula is Cl4TeZn. The van der Waals surface area contributed by atoms with Crippen molar-refractivity contribution in [2.75, 3.05) is 0 Å². The van der Waals surface area contributed by atoms with Gasteiger partial charge in [-0.1, -0.05) is 0 Å². The quantitative estimate of drug-likeness (QED) is 0.386. The molecule has 0 nitrogen and oxygen atoms in total. The molecule has 0 aromatic heterocycles. The van der Waals surface area contributed by atoms with E-state index in [4.69, 9.17) is 0 Å². The SMILES string of the molecule is [Cl-].[Cl-].[Cl-].[Cl-].[Te+2].[Zn+2]. The second kappa shape index (κ2) is 49.4. The minimum absolute atomic E-state index is 0. The first-order valence-electron chi connectivity index (χ1n) is 0. The van der Waals surface area contributed by atoms with Gasteiger partial charge in [0.2, 0.25) is 0 Å². The van der Waals surface area contributed by atoms with Crippen LogP contribution in [0.25, 0.3) is 0 Å². The van der Waals surface area contributed by atoms with Gasteiger partial charge in [0.15, 0.2) is 0 Å². The Labute approximate surface area is 91.7 Å². The fraction of sp³-hybridized carbons (Fsp3) is 0. The van der Waals surface area contributed by atoms with Gasteiger partial charge in [0.1, 0.15) is 0 Å². The van der Waals surface area contributed by atoms with E-state index in [0.29, 0.717) is 0 Å². The first kappa shape index (κ1) is 74.3. The molecule has 0 unspecified atom stereocenters. The van der Waals surface area contributed by atoms with Crippen LogP contribution in [0.15, 0.2) is 0 Å². The molecule has 0 saturated heterocycles. The minimum Gasteiger partial charge on any atom is -1.00 e. The van der Waals surface area contributed by atoms with E-state index in [-0.39, 0.29) is 92.8 Å². The van der Waals surface area contributed by atoms with Crippen LogP contribution in [-0.2, 0) is 19.5 Å². The average Bonchev–Trinajstić information content (AvgIpc) is 0. The van der Waals surface area contributed by atoms with Crippen LogP contribution in [0.5, 0.6) is 0 Å². The largest absolute Gasteiger partial charge is 2.00 e. The summed E-state index contributed by atoms with van der Waals surface area (Å²) in [7, 11) is 0. The predicted molar refractivity (Wildman–Crippen MR) is 5.75 cm³/mol. The third-order valence-corrected chi connectivity index (χ3v) is 0. The van der Waals surface area contributed by atoms with Crippen molar-refractivity contribution in [2.24, 2.45) is 0 Å². The van der Waals surface area contributed by atoms with Gasteiger partial charge in [-0.25, -0.2) is 0 Å². The van der Waals surface area contributed by atoms with Gasteiger partial charge in [-0.3, -0.25) is 0 Å². The van der Waals surface area contributed by atoms with Crippen LogP contribution in [0.4, 0.5) is 0 Å². The molecule has 0 aromatic carbocycles. The van der Waals surface area contributed by atoms with E-state index >= 15 is 0 Å². The molecule has 0 saturated carbocycles. The number of rotatable bonds is 0. The third kappa shape index (κ3) is 30.8. The molecule has 36 valence electrons. The van der Waals surface area contributed by atoms with Crippen molar-refractivity contribution in [2.45, 2.75) is 0 Å². The topological polar surface area (TPSA) is 0 Å². The summed E-state index contributed by atoms with van der Waals surface area (Å²) >= 11 is 0. The van der Waals surface area contributed by atoms with Gasteiger partial charge in [-0.05, 0) is 0 Å². The molecule has 0 bridgehead atoms. The van der Waals surface area contributed by atoms with Crippen molar-refractivity contribution in [1.82, 2.24) is 0 Å². The van der Waals surface area contributed by atoms with E-state index in [1.807, 2.05) is 0 Å². The summed E-state index contributed by atoms with van der Waals surface area (Å²) in [5.41, 5.74) is 0. The second-order valence-electron chi connectivity index (χ2n) is 0. The maximum atomic E-state index is 0. The number of halogens is 4. The standard InChI is InChI=1S/4ClH.Te.Zn/h4*1H;;/q;;;;2*+2/p-4. The van der Waals surface area contributed by atoms with Crippen molar-refractivity contribution in [1.29, 1.82) is 0 Å². The van der Waals surface area contributed by atoms with Gasteiger partial charge < -0.3 is 49.6 Å². The number of hydrogen-bond acceptors (Lipinski definition) is 0. The molecule has 0 aliphatic carbocycles. The molecule has 0 fully saturated rings. The van der Waals surface area contributed by atoms with Crippen LogP contribution < -0.4 is 49.6 Å². The molecule has 6 heavy (non-hydrogen) atoms. The summed E-state index contributed by atoms with van der Waals surface area (Å²) in [6.07, 6.45) is 0. The Balaban J connectivity index is 0. The van der Waals surface area contributed by atoms with Crippen LogP contribution in [-0.4, -0.2) is 23.7 Å². The summed E-state index contributed by atoms with van der Waals surface area (Å²) in [5.74, 6) is 0. The van der Waals surface area contributed by atoms with Gasteiger partial charge >= 0.3 is 43.1 Å². The van der Waals surface area contributed by atoms with E-state index in [1.54, 1.807) is 0 Å². The summed E-state index contributed by atoms with van der Waals surface area (Å²) in [6.45, 7) is 0. The molecule has 0 aliphatic heterocycles. The molecule has 0 spiro atoms. The first-order chi connectivity index (χ1) is 0. The molecule has 0 atom stereocenters. The maximum Gasteiger partial charge on any atom is 2.00 e. The van der Waals surface area contributed by atoms with Crippen LogP contribution in [0, 0.1) is 0 Å². The van der Waals surface area contributed by atoms with Gasteiger partial charge in [-0.2, -0.15) is 0 Å². The fourth-order valence-electron chi connectivity index (χ4n) is 0. The first-order valence-corrected chi connectivity index (χ1v) is 0. The molecule has 0 aliphatic rings. The Kier molecular flexibility index (Phi) is 612. The summed E-state index contributed by atoms with van der Waals surface area (Å²) in [4.78, 5) is 0. The van der Waals surface area contributed by atoms with Crippen molar-refractivity contribution < 1.29 is 69.1 Å². The van der Waals surface area contributed by atoms with Crippen LogP contribution >= 0.6 is 0 Å². The Morgan fingerprint density at radius 3 is 0.500 bits per heavy atom. The minimum atomic E-state index is 0. The Morgan fingerprint density at radius 1 is 0.500 bits per heavy atom. The zero-order valence-electron chi connectivity index (χ0n) is 2.63. The van der Waals surface area contributed by atoms with Gasteiger partial charge in [0.25, 0.3) is 0 Å². The molecule has 0 rings (SSSR count). The molecule has 0 heterocycles. The second-order valence-corrected chi connectivity index (χ2v) is 0. The van der Waals surface area contributed by atoms with E-state index < -0.39 is 0 Å². The van der Waals surface area contributed by atoms with Crippen molar-refractivity contribution in [3.63, 3.8) is 0 Å². The summed E-state index contributed by atoms with van der Waals surface area (Å²) in [6, 6.07) is 0. The van der Waals surface area contributed by atoms with Crippen LogP contribution in [0.2, 0.25) is 0 Å². The number of hydrogen-bond donors (Lipinski definition) is 0. The van der Waals surface area contributed by atoms with Crippen molar-refractivity contribution in [3.8, 4) is 0 Å². The zero-order valence-corrected chi connectivity index (χ0v) is 10.9. The van der Waals surface area contributed by atoms with Crippen LogP contribution in [0.3, 0.4) is 0 Å². The fourth-order valence-corrected chi connectivity index (χ4v) is 0. The smallest absolute Gasteiger partial charge is 1.00 e. The van der Waals surface area contributed by atoms with E-state index in [0.717, 1.165) is 0 Å². The monoisotopic (exact) mass is 334 g/mol. The maximum absolute atomic E-state index is 0. The molecule has 6 heteroatoms. The molecule has 4 radical (unpaired) electrons. The predicted octanol–water partition coefficient (Wildman–Crippen LogP) is -12.4. The average molecular weight is 335 g/mol. The Hall–Kier alpha value is 2.57. The van der Waals surface area contributed by atoms with Gasteiger partial charge in [-0.15, -0.1) is 0 Å². The molecule has 0 aromatic rings. The van der Waals surface area contributed by atoms with Crippen molar-refractivity contribution in [3.05, 3.63) is 0 Å². The van der Waals surface area contributed by atoms with E-state index in [1.165, 1.54) is 0 Å². The molecule has 0 N–H and O–H groups in total.